The molecule has 0 spiro atoms. The number of carbonyl (C=O) groups excluding carboxylic acids is 4. The maximum Gasteiger partial charge on any atom is 0.408 e. The molecule has 1 heterocycles. The molecule has 1 fully saturated rings. The Bertz CT molecular complexity index is 614. The van der Waals surface area contributed by atoms with Gasteiger partial charge in [-0.1, -0.05) is 13.8 Å². The highest BCUT2D eigenvalue weighted by Gasteiger charge is 2.31. The van der Waals surface area contributed by atoms with Crippen molar-refractivity contribution in [2.75, 3.05) is 13.7 Å². The molecule has 30 heavy (non-hydrogen) atoms. The van der Waals surface area contributed by atoms with Crippen LogP contribution in [-0.2, 0) is 23.9 Å². The molecule has 3 N–H and O–H groups in total. The summed E-state index contributed by atoms with van der Waals surface area (Å²) in [6, 6.07) is -1.75. The van der Waals surface area contributed by atoms with Crippen molar-refractivity contribution < 1.29 is 28.7 Å². The number of methoxy groups -OCH3 is 1. The van der Waals surface area contributed by atoms with Crippen LogP contribution in [0.15, 0.2) is 0 Å². The Kier molecular flexibility index (Phi) is 10.1. The van der Waals surface area contributed by atoms with Gasteiger partial charge < -0.3 is 25.4 Å². The number of alkyl carbamates (subject to hydrolysis) is 1. The molecular formula is C21H37N3O6. The molecule has 3 atom stereocenters. The van der Waals surface area contributed by atoms with E-state index in [-0.39, 0.29) is 24.2 Å². The second-order valence-corrected chi connectivity index (χ2v) is 9.12. The van der Waals surface area contributed by atoms with Crippen molar-refractivity contribution in [2.45, 2.75) is 84.4 Å². The number of amides is 3. The lowest BCUT2D eigenvalue weighted by molar-refractivity contribution is -0.145. The molecule has 1 aliphatic heterocycles. The Morgan fingerprint density at radius 2 is 1.83 bits per heavy atom. The summed E-state index contributed by atoms with van der Waals surface area (Å²) in [5.41, 5.74) is -0.696. The van der Waals surface area contributed by atoms with Crippen LogP contribution in [0.3, 0.4) is 0 Å². The summed E-state index contributed by atoms with van der Waals surface area (Å²) < 4.78 is 10.1. The molecule has 0 aromatic carbocycles. The van der Waals surface area contributed by atoms with Crippen molar-refractivity contribution in [1.82, 2.24) is 16.0 Å². The summed E-state index contributed by atoms with van der Waals surface area (Å²) in [6.07, 6.45) is 2.06. The van der Waals surface area contributed by atoms with Gasteiger partial charge in [0.2, 0.25) is 11.8 Å². The minimum absolute atomic E-state index is 0.0273. The van der Waals surface area contributed by atoms with E-state index in [1.54, 1.807) is 20.8 Å². The molecule has 0 unspecified atom stereocenters. The monoisotopic (exact) mass is 427 g/mol. The van der Waals surface area contributed by atoms with Crippen molar-refractivity contribution in [1.29, 1.82) is 0 Å². The molecule has 0 aliphatic carbocycles. The zero-order valence-corrected chi connectivity index (χ0v) is 19.0. The lowest BCUT2D eigenvalue weighted by Crippen LogP contribution is -2.53. The van der Waals surface area contributed by atoms with E-state index >= 15 is 0 Å². The molecule has 0 bridgehead atoms. The molecule has 1 rings (SSSR count). The van der Waals surface area contributed by atoms with Crippen molar-refractivity contribution >= 4 is 23.9 Å². The first kappa shape index (κ1) is 25.7. The Morgan fingerprint density at radius 1 is 1.17 bits per heavy atom. The Balaban J connectivity index is 2.79. The van der Waals surface area contributed by atoms with Crippen LogP contribution in [-0.4, -0.2) is 55.2 Å². The first-order valence-corrected chi connectivity index (χ1v) is 10.6. The molecule has 1 aliphatic rings. The van der Waals surface area contributed by atoms with Gasteiger partial charge in [-0.2, -0.15) is 0 Å². The molecule has 9 nitrogen and oxygen atoms in total. The van der Waals surface area contributed by atoms with Crippen LogP contribution < -0.4 is 16.0 Å². The highest BCUT2D eigenvalue weighted by molar-refractivity contribution is 5.89. The fraction of sp³-hybridized carbons (Fsp3) is 0.810. The van der Waals surface area contributed by atoms with E-state index in [2.05, 4.69) is 16.0 Å². The zero-order valence-electron chi connectivity index (χ0n) is 19.0. The summed E-state index contributed by atoms with van der Waals surface area (Å²) >= 11 is 0. The van der Waals surface area contributed by atoms with E-state index in [0.29, 0.717) is 19.4 Å². The fourth-order valence-electron chi connectivity index (χ4n) is 3.30. The van der Waals surface area contributed by atoms with E-state index in [4.69, 9.17) is 9.47 Å². The largest absolute Gasteiger partial charge is 0.467 e. The SMILES string of the molecule is COC(=O)[C@H](CC[C@@H]1CCCNC1=O)NC(=O)[C@H](CC(C)C)NC(=O)OC(C)(C)C. The molecule has 1 saturated heterocycles. The quantitative estimate of drug-likeness (QED) is 0.483. The molecular weight excluding hydrogens is 390 g/mol. The molecule has 3 amide bonds. The number of rotatable bonds is 9. The van der Waals surface area contributed by atoms with Gasteiger partial charge in [-0.25, -0.2) is 9.59 Å². The number of piperidine rings is 1. The van der Waals surface area contributed by atoms with Crippen molar-refractivity contribution in [3.05, 3.63) is 0 Å². The summed E-state index contributed by atoms with van der Waals surface area (Å²) in [4.78, 5) is 49.2. The maximum atomic E-state index is 12.9. The van der Waals surface area contributed by atoms with Gasteiger partial charge in [0.05, 0.1) is 7.11 Å². The number of carbonyl (C=O) groups is 4. The minimum Gasteiger partial charge on any atom is -0.467 e. The number of ether oxygens (including phenoxy) is 2. The Labute approximate surface area is 179 Å². The van der Waals surface area contributed by atoms with Gasteiger partial charge in [0.15, 0.2) is 0 Å². The topological polar surface area (TPSA) is 123 Å². The number of hydrogen-bond acceptors (Lipinski definition) is 6. The van der Waals surface area contributed by atoms with Crippen molar-refractivity contribution in [3.63, 3.8) is 0 Å². The second kappa shape index (κ2) is 11.8. The van der Waals surface area contributed by atoms with E-state index in [1.165, 1.54) is 7.11 Å². The number of hydrogen-bond donors (Lipinski definition) is 3. The predicted molar refractivity (Wildman–Crippen MR) is 112 cm³/mol. The van der Waals surface area contributed by atoms with Crippen molar-refractivity contribution in [3.8, 4) is 0 Å². The molecule has 0 saturated carbocycles. The summed E-state index contributed by atoms with van der Waals surface area (Å²) in [7, 11) is 1.25. The van der Waals surface area contributed by atoms with Gasteiger partial charge in [0.1, 0.15) is 17.7 Å². The molecule has 0 radical (unpaired) electrons. The lowest BCUT2D eigenvalue weighted by Gasteiger charge is -2.26. The van der Waals surface area contributed by atoms with Crippen LogP contribution in [0.5, 0.6) is 0 Å². The van der Waals surface area contributed by atoms with Crippen LogP contribution >= 0.6 is 0 Å². The molecule has 0 aromatic rings. The maximum absolute atomic E-state index is 12.9. The lowest BCUT2D eigenvalue weighted by atomic mass is 9.92. The predicted octanol–water partition coefficient (Wildman–Crippen LogP) is 1.89. The molecule has 0 aromatic heterocycles. The fourth-order valence-corrected chi connectivity index (χ4v) is 3.30. The normalized spacial score (nSPS) is 18.8. The standard InChI is InChI=1S/C21H37N3O6/c1-13(2)12-16(24-20(28)30-21(3,4)5)18(26)23-15(19(27)29-6)10-9-14-8-7-11-22-17(14)25/h13-16H,7-12H2,1-6H3,(H,22,25)(H,23,26)(H,24,28)/t14-,15-,16-/m0/s1. The Morgan fingerprint density at radius 3 is 2.37 bits per heavy atom. The highest BCUT2D eigenvalue weighted by atomic mass is 16.6. The van der Waals surface area contributed by atoms with Gasteiger partial charge in [0, 0.05) is 12.5 Å². The van der Waals surface area contributed by atoms with Crippen LogP contribution in [0, 0.1) is 11.8 Å². The van der Waals surface area contributed by atoms with Crippen LogP contribution in [0.25, 0.3) is 0 Å². The summed E-state index contributed by atoms with van der Waals surface area (Å²) in [6.45, 7) is 9.73. The molecule has 9 heteroatoms. The molecule has 172 valence electrons. The third-order valence-electron chi connectivity index (χ3n) is 4.72. The summed E-state index contributed by atoms with van der Waals surface area (Å²) in [5.74, 6) is -1.16. The van der Waals surface area contributed by atoms with Gasteiger partial charge in [-0.3, -0.25) is 9.59 Å². The van der Waals surface area contributed by atoms with Crippen molar-refractivity contribution in [2.24, 2.45) is 11.8 Å². The van der Waals surface area contributed by atoms with Crippen LogP contribution in [0.2, 0.25) is 0 Å². The third kappa shape index (κ3) is 9.45. The van der Waals surface area contributed by atoms with Gasteiger partial charge >= 0.3 is 12.1 Å². The minimum atomic E-state index is -0.896. The third-order valence-corrected chi connectivity index (χ3v) is 4.72. The zero-order chi connectivity index (χ0) is 22.9. The van der Waals surface area contributed by atoms with Crippen LogP contribution in [0.1, 0.15) is 66.7 Å². The van der Waals surface area contributed by atoms with Crippen LogP contribution in [0.4, 0.5) is 4.79 Å². The smallest absolute Gasteiger partial charge is 0.408 e. The summed E-state index contributed by atoms with van der Waals surface area (Å²) in [5, 5.41) is 8.09. The number of nitrogens with one attached hydrogen (secondary N) is 3. The highest BCUT2D eigenvalue weighted by Crippen LogP contribution is 2.19. The van der Waals surface area contributed by atoms with E-state index < -0.39 is 35.7 Å². The van der Waals surface area contributed by atoms with E-state index in [1.807, 2.05) is 13.8 Å². The van der Waals surface area contributed by atoms with E-state index in [0.717, 1.165) is 12.8 Å². The second-order valence-electron chi connectivity index (χ2n) is 9.12. The van der Waals surface area contributed by atoms with Gasteiger partial charge in [-0.15, -0.1) is 0 Å². The van der Waals surface area contributed by atoms with Gasteiger partial charge in [0.25, 0.3) is 0 Å². The average Bonchev–Trinajstić information content (AvgIpc) is 2.63. The van der Waals surface area contributed by atoms with Gasteiger partial charge in [-0.05, 0) is 58.8 Å². The van der Waals surface area contributed by atoms with E-state index in [9.17, 15) is 19.2 Å². The number of esters is 1. The average molecular weight is 428 g/mol. The first-order valence-electron chi connectivity index (χ1n) is 10.6. The Hall–Kier alpha value is -2.32. The first-order chi connectivity index (χ1) is 13.9.